The fraction of sp³-hybridized carbons (Fsp3) is 0.297. The van der Waals surface area contributed by atoms with Crippen molar-refractivity contribution in [3.05, 3.63) is 117 Å². The summed E-state index contributed by atoms with van der Waals surface area (Å²) in [5.41, 5.74) is 7.46. The number of pyridine rings is 1. The van der Waals surface area contributed by atoms with E-state index in [1.54, 1.807) is 19.2 Å². The van der Waals surface area contributed by atoms with Crippen molar-refractivity contribution in [3.8, 4) is 17.0 Å². The van der Waals surface area contributed by atoms with E-state index in [1.165, 1.54) is 0 Å². The number of ether oxygens (including phenoxy) is 1. The van der Waals surface area contributed by atoms with Gasteiger partial charge in [0.25, 0.3) is 5.91 Å². The molecule has 238 valence electrons. The van der Waals surface area contributed by atoms with Crippen molar-refractivity contribution in [3.63, 3.8) is 0 Å². The number of aromatic nitrogens is 1. The zero-order chi connectivity index (χ0) is 32.8. The van der Waals surface area contributed by atoms with Gasteiger partial charge in [-0.05, 0) is 83.5 Å². The van der Waals surface area contributed by atoms with Crippen LogP contribution >= 0.6 is 11.6 Å². The number of benzene rings is 3. The Labute approximate surface area is 274 Å². The molecule has 0 saturated heterocycles. The number of aryl methyl sites for hydroxylation is 1. The SMILES string of the molecule is CCCC(c1ccc(C(=O)NCCC(=O)O)cc1)C(C(=O)N1Cc2ccc(-c3ccc(OC)nc3C)cc2C1)c1ccc(Cl)cc1. The number of amides is 2. The Kier molecular flexibility index (Phi) is 10.4. The first-order valence-corrected chi connectivity index (χ1v) is 15.8. The summed E-state index contributed by atoms with van der Waals surface area (Å²) in [5, 5.41) is 12.1. The number of carbonyl (C=O) groups excluding carboxylic acids is 2. The van der Waals surface area contributed by atoms with Crippen LogP contribution in [0, 0.1) is 6.92 Å². The molecule has 2 heterocycles. The number of carboxylic acids is 1. The van der Waals surface area contributed by atoms with Gasteiger partial charge in [0.1, 0.15) is 0 Å². The lowest BCUT2D eigenvalue weighted by Gasteiger charge is -2.31. The summed E-state index contributed by atoms with van der Waals surface area (Å²) in [6.07, 6.45) is 1.48. The highest BCUT2D eigenvalue weighted by atomic mass is 35.5. The molecule has 0 radical (unpaired) electrons. The molecule has 9 heteroatoms. The molecule has 1 aromatic heterocycles. The highest BCUT2D eigenvalue weighted by molar-refractivity contribution is 6.30. The van der Waals surface area contributed by atoms with E-state index in [0.717, 1.165) is 51.9 Å². The molecule has 2 N–H and O–H groups in total. The highest BCUT2D eigenvalue weighted by Crippen LogP contribution is 2.41. The van der Waals surface area contributed by atoms with E-state index in [0.29, 0.717) is 29.6 Å². The summed E-state index contributed by atoms with van der Waals surface area (Å²) in [4.78, 5) is 44.4. The summed E-state index contributed by atoms with van der Waals surface area (Å²) in [5.74, 6) is -1.30. The number of carboxylic acid groups (broad SMARTS) is 1. The number of hydrogen-bond acceptors (Lipinski definition) is 5. The molecule has 5 rings (SSSR count). The molecule has 0 fully saturated rings. The van der Waals surface area contributed by atoms with Crippen molar-refractivity contribution in [1.29, 1.82) is 0 Å². The lowest BCUT2D eigenvalue weighted by Crippen LogP contribution is -2.34. The van der Waals surface area contributed by atoms with E-state index in [9.17, 15) is 14.4 Å². The second-order valence-corrected chi connectivity index (χ2v) is 12.0. The van der Waals surface area contributed by atoms with Crippen LogP contribution in [0.3, 0.4) is 0 Å². The number of hydrogen-bond donors (Lipinski definition) is 2. The standard InChI is InChI=1S/C37H38ClN3O5/c1-4-5-32(24-6-8-26(9-7-24)36(44)39-19-18-34(42)43)35(25-12-14-30(38)15-13-25)37(45)41-21-28-11-10-27(20-29(28)22-41)31-16-17-33(46-3)40-23(31)2/h6-17,20,32,35H,4-5,18-19,21-22H2,1-3H3,(H,39,44)(H,42,43). The quantitative estimate of drug-likeness (QED) is 0.171. The minimum Gasteiger partial charge on any atom is -0.481 e. The third-order valence-electron chi connectivity index (χ3n) is 8.54. The number of nitrogens with zero attached hydrogens (tertiary/aromatic N) is 2. The highest BCUT2D eigenvalue weighted by Gasteiger charge is 2.36. The second kappa shape index (κ2) is 14.6. The summed E-state index contributed by atoms with van der Waals surface area (Å²) in [6, 6.07) is 25.0. The molecule has 2 atom stereocenters. The number of rotatable bonds is 12. The maximum Gasteiger partial charge on any atom is 0.305 e. The Hall–Kier alpha value is -4.69. The molecule has 1 aliphatic heterocycles. The van der Waals surface area contributed by atoms with Gasteiger partial charge >= 0.3 is 5.97 Å². The normalized spacial score (nSPS) is 13.5. The first-order chi connectivity index (χ1) is 22.2. The summed E-state index contributed by atoms with van der Waals surface area (Å²) in [6.45, 7) is 5.14. The molecule has 8 nitrogen and oxygen atoms in total. The fourth-order valence-electron chi connectivity index (χ4n) is 6.19. The first kappa shape index (κ1) is 32.7. The number of carbonyl (C=O) groups is 3. The minimum absolute atomic E-state index is 0.0382. The van der Waals surface area contributed by atoms with E-state index >= 15 is 0 Å². The predicted octanol–water partition coefficient (Wildman–Crippen LogP) is 7.13. The summed E-state index contributed by atoms with van der Waals surface area (Å²) < 4.78 is 5.27. The van der Waals surface area contributed by atoms with E-state index in [-0.39, 0.29) is 30.7 Å². The van der Waals surface area contributed by atoms with Gasteiger partial charge in [0.15, 0.2) is 0 Å². The molecule has 0 saturated carbocycles. The van der Waals surface area contributed by atoms with Crippen LogP contribution < -0.4 is 10.1 Å². The van der Waals surface area contributed by atoms with Gasteiger partial charge in [-0.2, -0.15) is 0 Å². The summed E-state index contributed by atoms with van der Waals surface area (Å²) >= 11 is 6.26. The number of methoxy groups -OCH3 is 1. The number of fused-ring (bicyclic) bond motifs is 1. The van der Waals surface area contributed by atoms with Gasteiger partial charge in [-0.1, -0.05) is 61.3 Å². The van der Waals surface area contributed by atoms with Crippen molar-refractivity contribution in [2.24, 2.45) is 0 Å². The Morgan fingerprint density at radius 1 is 0.957 bits per heavy atom. The monoisotopic (exact) mass is 639 g/mol. The van der Waals surface area contributed by atoms with Crippen LogP contribution in [-0.4, -0.2) is 46.4 Å². The third kappa shape index (κ3) is 7.40. The molecule has 4 aromatic rings. The third-order valence-corrected chi connectivity index (χ3v) is 8.80. The summed E-state index contributed by atoms with van der Waals surface area (Å²) in [7, 11) is 1.60. The average molecular weight is 640 g/mol. The van der Waals surface area contributed by atoms with E-state index in [1.807, 2.05) is 60.4 Å². The van der Waals surface area contributed by atoms with E-state index in [2.05, 4.69) is 35.4 Å². The van der Waals surface area contributed by atoms with Gasteiger partial charge in [-0.25, -0.2) is 4.98 Å². The van der Waals surface area contributed by atoms with Crippen molar-refractivity contribution >= 4 is 29.4 Å². The molecule has 0 spiro atoms. The molecular formula is C37H38ClN3O5. The Morgan fingerprint density at radius 3 is 2.30 bits per heavy atom. The molecule has 3 aromatic carbocycles. The zero-order valence-corrected chi connectivity index (χ0v) is 27.0. The van der Waals surface area contributed by atoms with Gasteiger partial charge in [0.2, 0.25) is 11.8 Å². The Balaban J connectivity index is 1.42. The first-order valence-electron chi connectivity index (χ1n) is 15.5. The topological polar surface area (TPSA) is 109 Å². The fourth-order valence-corrected chi connectivity index (χ4v) is 6.32. The van der Waals surface area contributed by atoms with E-state index in [4.69, 9.17) is 21.4 Å². The minimum atomic E-state index is -0.970. The number of nitrogens with one attached hydrogen (secondary N) is 1. The molecular weight excluding hydrogens is 602 g/mol. The van der Waals surface area contributed by atoms with Crippen LogP contribution in [0.4, 0.5) is 0 Å². The molecule has 46 heavy (non-hydrogen) atoms. The Morgan fingerprint density at radius 2 is 1.65 bits per heavy atom. The van der Waals surface area contributed by atoms with Crippen molar-refractivity contribution in [2.45, 2.75) is 58.0 Å². The van der Waals surface area contributed by atoms with Gasteiger partial charge in [-0.3, -0.25) is 14.4 Å². The maximum absolute atomic E-state index is 14.6. The lowest BCUT2D eigenvalue weighted by molar-refractivity contribution is -0.137. The van der Waals surface area contributed by atoms with Crippen LogP contribution in [0.25, 0.3) is 11.1 Å². The predicted molar refractivity (Wildman–Crippen MR) is 178 cm³/mol. The maximum atomic E-state index is 14.6. The van der Waals surface area contributed by atoms with Crippen LogP contribution in [0.15, 0.2) is 78.9 Å². The lowest BCUT2D eigenvalue weighted by atomic mass is 9.77. The second-order valence-electron chi connectivity index (χ2n) is 11.6. The molecule has 2 unspecified atom stereocenters. The number of halogens is 1. The average Bonchev–Trinajstić information content (AvgIpc) is 3.49. The smallest absolute Gasteiger partial charge is 0.305 e. The van der Waals surface area contributed by atoms with Gasteiger partial charge in [0, 0.05) is 47.5 Å². The molecule has 0 bridgehead atoms. The van der Waals surface area contributed by atoms with Gasteiger partial charge in [-0.15, -0.1) is 0 Å². The van der Waals surface area contributed by atoms with Crippen LogP contribution in [-0.2, 0) is 22.7 Å². The Bertz CT molecular complexity index is 1720. The molecule has 1 aliphatic rings. The van der Waals surface area contributed by atoms with Gasteiger partial charge < -0.3 is 20.1 Å². The van der Waals surface area contributed by atoms with Crippen molar-refractivity contribution in [2.75, 3.05) is 13.7 Å². The van der Waals surface area contributed by atoms with Crippen LogP contribution in [0.2, 0.25) is 5.02 Å². The van der Waals surface area contributed by atoms with Crippen LogP contribution in [0.5, 0.6) is 5.88 Å². The number of aliphatic carboxylic acids is 1. The van der Waals surface area contributed by atoms with Crippen LogP contribution in [0.1, 0.15) is 76.3 Å². The van der Waals surface area contributed by atoms with E-state index < -0.39 is 11.9 Å². The van der Waals surface area contributed by atoms with Gasteiger partial charge in [0.05, 0.1) is 19.4 Å². The zero-order valence-electron chi connectivity index (χ0n) is 26.3. The van der Waals surface area contributed by atoms with Crippen molar-refractivity contribution < 1.29 is 24.2 Å². The molecule has 0 aliphatic carbocycles. The largest absolute Gasteiger partial charge is 0.481 e. The van der Waals surface area contributed by atoms with Crippen molar-refractivity contribution in [1.82, 2.24) is 15.2 Å². The molecule has 2 amide bonds.